The first kappa shape index (κ1) is 12.5. The van der Waals surface area contributed by atoms with Crippen LogP contribution in [0.1, 0.15) is 43.4 Å². The highest BCUT2D eigenvalue weighted by molar-refractivity contribution is 8.00. The van der Waals surface area contributed by atoms with Gasteiger partial charge in [-0.15, -0.1) is 0 Å². The summed E-state index contributed by atoms with van der Waals surface area (Å²) < 4.78 is 0.387. The highest BCUT2D eigenvalue weighted by Gasteiger charge is 2.43. The summed E-state index contributed by atoms with van der Waals surface area (Å²) in [7, 11) is 2.12. The van der Waals surface area contributed by atoms with E-state index in [0.29, 0.717) is 16.7 Å². The fraction of sp³-hybridized carbons (Fsp3) is 0.667. The maximum Gasteiger partial charge on any atom is 0.0482 e. The molecule has 0 spiro atoms. The lowest BCUT2D eigenvalue weighted by molar-refractivity contribution is 0.360. The van der Waals surface area contributed by atoms with Crippen LogP contribution in [0, 0.1) is 0 Å². The normalized spacial score (nSPS) is 32.4. The van der Waals surface area contributed by atoms with Gasteiger partial charge in [0.15, 0.2) is 0 Å². The van der Waals surface area contributed by atoms with E-state index in [1.165, 1.54) is 42.7 Å². The number of pyridine rings is 1. The molecule has 3 unspecified atom stereocenters. The fourth-order valence-electron chi connectivity index (χ4n) is 3.75. The molecule has 2 aliphatic rings. The molecule has 3 atom stereocenters. The van der Waals surface area contributed by atoms with Gasteiger partial charge in [0.05, 0.1) is 0 Å². The average molecular weight is 262 g/mol. The maximum absolute atomic E-state index is 4.66. The molecule has 1 aliphatic carbocycles. The lowest BCUT2D eigenvalue weighted by Crippen LogP contribution is -2.47. The molecular weight excluding hydrogens is 240 g/mol. The molecule has 2 nitrogen and oxygen atoms in total. The second-order valence-electron chi connectivity index (χ2n) is 5.72. The van der Waals surface area contributed by atoms with Crippen LogP contribution in [0.3, 0.4) is 0 Å². The highest BCUT2D eigenvalue weighted by atomic mass is 32.2. The number of hydrogen-bond acceptors (Lipinski definition) is 3. The smallest absolute Gasteiger partial charge is 0.0482 e. The van der Waals surface area contributed by atoms with Crippen molar-refractivity contribution in [2.45, 2.75) is 49.3 Å². The summed E-state index contributed by atoms with van der Waals surface area (Å²) >= 11 is 2.15. The van der Waals surface area contributed by atoms with E-state index in [2.05, 4.69) is 48.2 Å². The predicted molar refractivity (Wildman–Crippen MR) is 78.2 cm³/mol. The van der Waals surface area contributed by atoms with E-state index in [0.717, 1.165) is 0 Å². The van der Waals surface area contributed by atoms with Gasteiger partial charge in [0.2, 0.25) is 0 Å². The lowest BCUT2D eigenvalue weighted by atomic mass is 9.84. The summed E-state index contributed by atoms with van der Waals surface area (Å²) in [4.78, 5) is 4.66. The molecule has 1 aromatic heterocycles. The Morgan fingerprint density at radius 3 is 3.17 bits per heavy atom. The number of nitrogens with one attached hydrogen (secondary N) is 1. The first-order valence-electron chi connectivity index (χ1n) is 6.99. The van der Waals surface area contributed by atoms with Crippen molar-refractivity contribution in [2.75, 3.05) is 12.8 Å². The van der Waals surface area contributed by atoms with Crippen molar-refractivity contribution in [1.82, 2.24) is 10.3 Å². The van der Waals surface area contributed by atoms with E-state index in [1.54, 1.807) is 0 Å². The molecule has 2 heterocycles. The Morgan fingerprint density at radius 2 is 2.44 bits per heavy atom. The molecule has 0 aromatic carbocycles. The van der Waals surface area contributed by atoms with Gasteiger partial charge in [0, 0.05) is 28.6 Å². The van der Waals surface area contributed by atoms with Crippen LogP contribution in [-0.4, -0.2) is 28.6 Å². The Balaban J connectivity index is 1.90. The molecule has 3 heteroatoms. The lowest BCUT2D eigenvalue weighted by Gasteiger charge is -2.37. The van der Waals surface area contributed by atoms with Crippen LogP contribution in [0.25, 0.3) is 0 Å². The number of thioether (sulfide) groups is 1. The Hall–Kier alpha value is -0.540. The number of rotatable bonds is 3. The third kappa shape index (κ3) is 1.97. The monoisotopic (exact) mass is 262 g/mol. The molecule has 0 radical (unpaired) electrons. The van der Waals surface area contributed by atoms with Gasteiger partial charge >= 0.3 is 0 Å². The summed E-state index contributed by atoms with van der Waals surface area (Å²) in [6.07, 6.45) is 7.11. The van der Waals surface area contributed by atoms with Crippen molar-refractivity contribution in [3.63, 3.8) is 0 Å². The SMILES string of the molecule is CNC(C1CCc2cccnc21)C1(C)CCCS1. The van der Waals surface area contributed by atoms with Gasteiger partial charge < -0.3 is 5.32 Å². The molecular formula is C15H22N2S. The quantitative estimate of drug-likeness (QED) is 0.906. The van der Waals surface area contributed by atoms with Crippen LogP contribution >= 0.6 is 11.8 Å². The summed E-state index contributed by atoms with van der Waals surface area (Å²) in [5.74, 6) is 1.91. The van der Waals surface area contributed by atoms with Gasteiger partial charge in [-0.1, -0.05) is 6.07 Å². The largest absolute Gasteiger partial charge is 0.315 e. The third-order valence-electron chi connectivity index (χ3n) is 4.62. The molecule has 0 bridgehead atoms. The summed E-state index contributed by atoms with van der Waals surface area (Å²) in [6, 6.07) is 4.88. The molecule has 3 rings (SSSR count). The van der Waals surface area contributed by atoms with E-state index in [1.807, 2.05) is 6.20 Å². The van der Waals surface area contributed by atoms with Crippen LogP contribution in [0.4, 0.5) is 0 Å². The van der Waals surface area contributed by atoms with E-state index in [9.17, 15) is 0 Å². The van der Waals surface area contributed by atoms with Crippen molar-refractivity contribution >= 4 is 11.8 Å². The van der Waals surface area contributed by atoms with Gasteiger partial charge in [-0.25, -0.2) is 0 Å². The van der Waals surface area contributed by atoms with Crippen LogP contribution in [-0.2, 0) is 6.42 Å². The van der Waals surface area contributed by atoms with Crippen LogP contribution in [0.15, 0.2) is 18.3 Å². The molecule has 1 N–H and O–H groups in total. The topological polar surface area (TPSA) is 24.9 Å². The number of likely N-dealkylation sites (N-methyl/N-ethyl adjacent to an activating group) is 1. The zero-order valence-corrected chi connectivity index (χ0v) is 12.1. The number of aryl methyl sites for hydroxylation is 1. The van der Waals surface area contributed by atoms with Gasteiger partial charge in [-0.05, 0) is 57.0 Å². The second-order valence-corrected chi connectivity index (χ2v) is 7.35. The first-order chi connectivity index (χ1) is 8.74. The molecule has 1 fully saturated rings. The number of fused-ring (bicyclic) bond motifs is 1. The highest BCUT2D eigenvalue weighted by Crippen LogP contribution is 2.47. The van der Waals surface area contributed by atoms with Gasteiger partial charge in [-0.3, -0.25) is 4.98 Å². The Kier molecular flexibility index (Phi) is 3.37. The van der Waals surface area contributed by atoms with E-state index >= 15 is 0 Å². The zero-order chi connectivity index (χ0) is 12.6. The van der Waals surface area contributed by atoms with Crippen LogP contribution in [0.2, 0.25) is 0 Å². The number of nitrogens with zero attached hydrogens (tertiary/aromatic N) is 1. The molecule has 1 aromatic rings. The van der Waals surface area contributed by atoms with Crippen molar-refractivity contribution < 1.29 is 0 Å². The molecule has 1 aliphatic heterocycles. The minimum absolute atomic E-state index is 0.387. The van der Waals surface area contributed by atoms with Gasteiger partial charge in [0.1, 0.15) is 0 Å². The maximum atomic E-state index is 4.66. The second kappa shape index (κ2) is 4.86. The standard InChI is InChI=1S/C15H22N2S/c1-15(8-4-10-18-15)14(16-2)12-7-6-11-5-3-9-17-13(11)12/h3,5,9,12,14,16H,4,6-8,10H2,1-2H3. The van der Waals surface area contributed by atoms with Crippen molar-refractivity contribution in [2.24, 2.45) is 0 Å². The molecule has 18 heavy (non-hydrogen) atoms. The predicted octanol–water partition coefficient (Wildman–Crippen LogP) is 2.99. The molecule has 1 saturated heterocycles. The van der Waals surface area contributed by atoms with E-state index in [-0.39, 0.29) is 0 Å². The van der Waals surface area contributed by atoms with Crippen molar-refractivity contribution in [1.29, 1.82) is 0 Å². The molecule has 0 amide bonds. The fourth-order valence-corrected chi connectivity index (χ4v) is 5.25. The van der Waals surface area contributed by atoms with Crippen LogP contribution < -0.4 is 5.32 Å². The summed E-state index contributed by atoms with van der Waals surface area (Å²) in [5.41, 5.74) is 2.82. The Labute approximate surface area is 114 Å². The van der Waals surface area contributed by atoms with Crippen molar-refractivity contribution in [3.05, 3.63) is 29.6 Å². The molecule has 98 valence electrons. The van der Waals surface area contributed by atoms with E-state index < -0.39 is 0 Å². The summed E-state index contributed by atoms with van der Waals surface area (Å²) in [6.45, 7) is 2.44. The van der Waals surface area contributed by atoms with E-state index in [4.69, 9.17) is 0 Å². The minimum atomic E-state index is 0.387. The Morgan fingerprint density at radius 1 is 1.56 bits per heavy atom. The summed E-state index contributed by atoms with van der Waals surface area (Å²) in [5, 5.41) is 3.61. The zero-order valence-electron chi connectivity index (χ0n) is 11.3. The number of hydrogen-bond donors (Lipinski definition) is 1. The molecule has 0 saturated carbocycles. The minimum Gasteiger partial charge on any atom is -0.315 e. The Bertz CT molecular complexity index is 426. The third-order valence-corrected chi connectivity index (χ3v) is 6.23. The first-order valence-corrected chi connectivity index (χ1v) is 7.98. The van der Waals surface area contributed by atoms with Gasteiger partial charge in [-0.2, -0.15) is 11.8 Å². The average Bonchev–Trinajstić information content (AvgIpc) is 2.99. The van der Waals surface area contributed by atoms with Gasteiger partial charge in [0.25, 0.3) is 0 Å². The van der Waals surface area contributed by atoms with Crippen molar-refractivity contribution in [3.8, 4) is 0 Å². The number of aromatic nitrogens is 1. The van der Waals surface area contributed by atoms with Crippen LogP contribution in [0.5, 0.6) is 0 Å².